The average Bonchev–Trinajstić information content (AvgIpc) is 2.37. The summed E-state index contributed by atoms with van der Waals surface area (Å²) in [4.78, 5) is 0.293. The Bertz CT molecular complexity index is 500. The van der Waals surface area contributed by atoms with Crippen LogP contribution in [0.3, 0.4) is 0 Å². The summed E-state index contributed by atoms with van der Waals surface area (Å²) in [6.07, 6.45) is 0. The van der Waals surface area contributed by atoms with Crippen LogP contribution in [0.4, 0.5) is 5.69 Å². The topological polar surface area (TPSA) is 58.6 Å². The number of nitrogens with zero attached hydrogens (tertiary/aromatic N) is 1. The molecule has 0 fully saturated rings. The Kier molecular flexibility index (Phi) is 5.78. The van der Waals surface area contributed by atoms with Gasteiger partial charge in [0, 0.05) is 33.4 Å². The lowest BCUT2D eigenvalue weighted by atomic mass is 10.2. The number of rotatable bonds is 7. The zero-order chi connectivity index (χ0) is 14.5. The molecule has 6 heteroatoms. The fraction of sp³-hybridized carbons (Fsp3) is 0.538. The van der Waals surface area contributed by atoms with Crippen molar-refractivity contribution in [1.29, 1.82) is 0 Å². The molecule has 0 aliphatic carbocycles. The van der Waals surface area contributed by atoms with Crippen molar-refractivity contribution in [2.24, 2.45) is 5.92 Å². The Morgan fingerprint density at radius 1 is 1.37 bits per heavy atom. The van der Waals surface area contributed by atoms with Gasteiger partial charge in [-0.3, -0.25) is 0 Å². The standard InChI is InChI=1S/C13H22N2O3S/c1-11(10-18-4)9-14-12-6-5-7-13(8-12)19(16,17)15(2)3/h5-8,11,14H,9-10H2,1-4H3/t11-/m1/s1. The number of ether oxygens (including phenoxy) is 1. The summed E-state index contributed by atoms with van der Waals surface area (Å²) in [6.45, 7) is 3.47. The van der Waals surface area contributed by atoms with E-state index in [0.717, 1.165) is 12.2 Å². The first-order valence-electron chi connectivity index (χ1n) is 6.13. The SMILES string of the molecule is COC[C@H](C)CNc1cccc(S(=O)(=O)N(C)C)c1. The molecule has 0 aliphatic heterocycles. The van der Waals surface area contributed by atoms with Crippen LogP contribution in [-0.4, -0.2) is 47.1 Å². The molecule has 0 aliphatic rings. The number of anilines is 1. The molecule has 0 radical (unpaired) electrons. The third kappa shape index (κ3) is 4.49. The van der Waals surface area contributed by atoms with Gasteiger partial charge in [0.2, 0.25) is 10.0 Å². The molecule has 1 aromatic carbocycles. The van der Waals surface area contributed by atoms with Gasteiger partial charge in [-0.05, 0) is 24.1 Å². The second kappa shape index (κ2) is 6.88. The molecule has 5 nitrogen and oxygen atoms in total. The second-order valence-corrected chi connectivity index (χ2v) is 6.91. The Hall–Kier alpha value is -1.11. The minimum absolute atomic E-state index is 0.293. The van der Waals surface area contributed by atoms with Gasteiger partial charge in [0.1, 0.15) is 0 Å². The van der Waals surface area contributed by atoms with Crippen molar-refractivity contribution in [2.75, 3.05) is 39.7 Å². The van der Waals surface area contributed by atoms with Gasteiger partial charge in [0.15, 0.2) is 0 Å². The first kappa shape index (κ1) is 15.9. The number of nitrogens with one attached hydrogen (secondary N) is 1. The predicted molar refractivity (Wildman–Crippen MR) is 76.8 cm³/mol. The van der Waals surface area contributed by atoms with E-state index in [-0.39, 0.29) is 0 Å². The smallest absolute Gasteiger partial charge is 0.242 e. The van der Waals surface area contributed by atoms with Crippen LogP contribution in [0.1, 0.15) is 6.92 Å². The summed E-state index contributed by atoms with van der Waals surface area (Å²) in [5.74, 6) is 0.360. The van der Waals surface area contributed by atoms with Crippen molar-refractivity contribution in [3.05, 3.63) is 24.3 Å². The van der Waals surface area contributed by atoms with Crippen molar-refractivity contribution >= 4 is 15.7 Å². The van der Waals surface area contributed by atoms with E-state index in [4.69, 9.17) is 4.74 Å². The van der Waals surface area contributed by atoms with E-state index in [0.29, 0.717) is 17.4 Å². The minimum atomic E-state index is -3.38. The van der Waals surface area contributed by atoms with Gasteiger partial charge in [-0.2, -0.15) is 0 Å². The van der Waals surface area contributed by atoms with Gasteiger partial charge < -0.3 is 10.1 Å². The average molecular weight is 286 g/mol. The lowest BCUT2D eigenvalue weighted by molar-refractivity contribution is 0.164. The summed E-state index contributed by atoms with van der Waals surface area (Å²) in [6, 6.07) is 6.84. The highest BCUT2D eigenvalue weighted by atomic mass is 32.2. The van der Waals surface area contributed by atoms with E-state index in [9.17, 15) is 8.42 Å². The molecule has 1 rings (SSSR count). The van der Waals surface area contributed by atoms with Crippen LogP contribution in [0.25, 0.3) is 0 Å². The zero-order valence-electron chi connectivity index (χ0n) is 11.9. The van der Waals surface area contributed by atoms with Gasteiger partial charge >= 0.3 is 0 Å². The first-order chi connectivity index (χ1) is 8.87. The second-order valence-electron chi connectivity index (χ2n) is 4.76. The van der Waals surface area contributed by atoms with Gasteiger partial charge in [0.25, 0.3) is 0 Å². The van der Waals surface area contributed by atoms with Crippen molar-refractivity contribution in [3.63, 3.8) is 0 Å². The highest BCUT2D eigenvalue weighted by molar-refractivity contribution is 7.89. The van der Waals surface area contributed by atoms with Crippen LogP contribution < -0.4 is 5.32 Å². The Labute approximate surface area is 115 Å². The molecular formula is C13H22N2O3S. The molecule has 0 amide bonds. The summed E-state index contributed by atoms with van der Waals surface area (Å²) >= 11 is 0. The first-order valence-corrected chi connectivity index (χ1v) is 7.57. The quantitative estimate of drug-likeness (QED) is 0.827. The summed E-state index contributed by atoms with van der Waals surface area (Å²) in [5.41, 5.74) is 0.797. The van der Waals surface area contributed by atoms with E-state index in [1.165, 1.54) is 18.4 Å². The van der Waals surface area contributed by atoms with E-state index in [1.54, 1.807) is 25.3 Å². The molecule has 0 aromatic heterocycles. The molecule has 1 aromatic rings. The highest BCUT2D eigenvalue weighted by Gasteiger charge is 2.17. The molecular weight excluding hydrogens is 264 g/mol. The molecule has 0 spiro atoms. The summed E-state index contributed by atoms with van der Waals surface area (Å²) in [7, 11) is 1.34. The van der Waals surface area contributed by atoms with Crippen LogP contribution >= 0.6 is 0 Å². The van der Waals surface area contributed by atoms with Crippen LogP contribution in [0.2, 0.25) is 0 Å². The summed E-state index contributed by atoms with van der Waals surface area (Å²) in [5, 5.41) is 3.22. The van der Waals surface area contributed by atoms with Crippen molar-refractivity contribution in [2.45, 2.75) is 11.8 Å². The van der Waals surface area contributed by atoms with Crippen LogP contribution in [0, 0.1) is 5.92 Å². The molecule has 108 valence electrons. The molecule has 0 saturated carbocycles. The maximum Gasteiger partial charge on any atom is 0.242 e. The molecule has 1 N–H and O–H groups in total. The van der Waals surface area contributed by atoms with Crippen molar-refractivity contribution in [3.8, 4) is 0 Å². The lowest BCUT2D eigenvalue weighted by Crippen LogP contribution is -2.22. The van der Waals surface area contributed by atoms with E-state index < -0.39 is 10.0 Å². The van der Waals surface area contributed by atoms with E-state index >= 15 is 0 Å². The van der Waals surface area contributed by atoms with Gasteiger partial charge in [-0.15, -0.1) is 0 Å². The van der Waals surface area contributed by atoms with Crippen LogP contribution in [-0.2, 0) is 14.8 Å². The molecule has 19 heavy (non-hydrogen) atoms. The third-order valence-electron chi connectivity index (χ3n) is 2.72. The molecule has 0 saturated heterocycles. The normalized spacial score (nSPS) is 13.5. The number of methoxy groups -OCH3 is 1. The third-order valence-corrected chi connectivity index (χ3v) is 4.53. The van der Waals surface area contributed by atoms with E-state index in [2.05, 4.69) is 12.2 Å². The maximum absolute atomic E-state index is 12.0. The lowest BCUT2D eigenvalue weighted by Gasteiger charge is -2.15. The molecule has 1 atom stereocenters. The number of hydrogen-bond donors (Lipinski definition) is 1. The molecule has 0 heterocycles. The van der Waals surface area contributed by atoms with Gasteiger partial charge in [0.05, 0.1) is 11.5 Å². The highest BCUT2D eigenvalue weighted by Crippen LogP contribution is 2.18. The number of sulfonamides is 1. The molecule has 0 bridgehead atoms. The monoisotopic (exact) mass is 286 g/mol. The molecule has 0 unspecified atom stereocenters. The van der Waals surface area contributed by atoms with Gasteiger partial charge in [-0.25, -0.2) is 12.7 Å². The number of hydrogen-bond acceptors (Lipinski definition) is 4. The van der Waals surface area contributed by atoms with Crippen LogP contribution in [0.15, 0.2) is 29.2 Å². The zero-order valence-corrected chi connectivity index (χ0v) is 12.7. The number of benzene rings is 1. The van der Waals surface area contributed by atoms with Crippen LogP contribution in [0.5, 0.6) is 0 Å². The fourth-order valence-electron chi connectivity index (χ4n) is 1.61. The predicted octanol–water partition coefficient (Wildman–Crippen LogP) is 1.63. The largest absolute Gasteiger partial charge is 0.385 e. The Morgan fingerprint density at radius 3 is 2.63 bits per heavy atom. The Morgan fingerprint density at radius 2 is 2.05 bits per heavy atom. The summed E-state index contributed by atoms with van der Waals surface area (Å²) < 4.78 is 30.3. The fourth-order valence-corrected chi connectivity index (χ4v) is 2.56. The van der Waals surface area contributed by atoms with Gasteiger partial charge in [-0.1, -0.05) is 13.0 Å². The van der Waals surface area contributed by atoms with E-state index in [1.807, 2.05) is 6.07 Å². The minimum Gasteiger partial charge on any atom is -0.385 e. The Balaban J connectivity index is 2.78. The van der Waals surface area contributed by atoms with Crippen molar-refractivity contribution < 1.29 is 13.2 Å². The maximum atomic E-state index is 12.0. The van der Waals surface area contributed by atoms with Crippen molar-refractivity contribution in [1.82, 2.24) is 4.31 Å².